The zero-order chi connectivity index (χ0) is 13.5. The van der Waals surface area contributed by atoms with E-state index in [1.165, 1.54) is 5.56 Å². The van der Waals surface area contributed by atoms with Crippen molar-refractivity contribution < 1.29 is 4.79 Å². The Balaban J connectivity index is 2.49. The molecule has 3 nitrogen and oxygen atoms in total. The van der Waals surface area contributed by atoms with Gasteiger partial charge in [0, 0.05) is 12.5 Å². The Bertz CT molecular complexity index is 390. The molecule has 0 saturated carbocycles. The van der Waals surface area contributed by atoms with E-state index in [0.29, 0.717) is 6.42 Å². The van der Waals surface area contributed by atoms with Gasteiger partial charge in [0.1, 0.15) is 0 Å². The predicted octanol–water partition coefficient (Wildman–Crippen LogP) is 2.56. The van der Waals surface area contributed by atoms with Crippen molar-refractivity contribution in [3.63, 3.8) is 0 Å². The lowest BCUT2D eigenvalue weighted by Gasteiger charge is -2.17. The fourth-order valence-electron chi connectivity index (χ4n) is 2.02. The molecule has 0 aliphatic carbocycles. The lowest BCUT2D eigenvalue weighted by Crippen LogP contribution is -2.34. The molecule has 0 saturated heterocycles. The molecule has 0 aliphatic rings. The summed E-state index contributed by atoms with van der Waals surface area (Å²) >= 11 is 0. The first kappa shape index (κ1) is 14.7. The third kappa shape index (κ3) is 4.88. The van der Waals surface area contributed by atoms with Crippen LogP contribution in [-0.4, -0.2) is 18.5 Å². The lowest BCUT2D eigenvalue weighted by atomic mass is 10.1. The van der Waals surface area contributed by atoms with Crippen molar-refractivity contribution >= 4 is 5.91 Å². The normalized spacial score (nSPS) is 14.0. The van der Waals surface area contributed by atoms with Gasteiger partial charge in [-0.3, -0.25) is 4.79 Å². The second-order valence-electron chi connectivity index (χ2n) is 4.87. The van der Waals surface area contributed by atoms with Crippen LogP contribution < -0.4 is 10.6 Å². The van der Waals surface area contributed by atoms with Gasteiger partial charge in [0.05, 0.1) is 6.04 Å². The maximum Gasteiger partial charge on any atom is 0.222 e. The SMILES string of the molecule is CCNC(C)CC(=O)N[C@H](C)c1cccc(C)c1. The Morgan fingerprint density at radius 2 is 2.06 bits per heavy atom. The first-order chi connectivity index (χ1) is 8.52. The van der Waals surface area contributed by atoms with Gasteiger partial charge in [-0.1, -0.05) is 36.8 Å². The third-order valence-corrected chi connectivity index (χ3v) is 2.96. The zero-order valence-electron chi connectivity index (χ0n) is 11.8. The summed E-state index contributed by atoms with van der Waals surface area (Å²) in [5, 5.41) is 6.27. The maximum atomic E-state index is 11.8. The number of amides is 1. The zero-order valence-corrected chi connectivity index (χ0v) is 11.8. The van der Waals surface area contributed by atoms with E-state index in [0.717, 1.165) is 12.1 Å². The molecule has 1 aromatic rings. The van der Waals surface area contributed by atoms with Gasteiger partial charge in [-0.15, -0.1) is 0 Å². The summed E-state index contributed by atoms with van der Waals surface area (Å²) in [6.07, 6.45) is 0.518. The minimum absolute atomic E-state index is 0.0613. The Morgan fingerprint density at radius 3 is 2.67 bits per heavy atom. The van der Waals surface area contributed by atoms with Gasteiger partial charge in [0.25, 0.3) is 0 Å². The van der Waals surface area contributed by atoms with Crippen molar-refractivity contribution in [1.82, 2.24) is 10.6 Å². The van der Waals surface area contributed by atoms with E-state index in [9.17, 15) is 4.79 Å². The quantitative estimate of drug-likeness (QED) is 0.812. The number of benzene rings is 1. The third-order valence-electron chi connectivity index (χ3n) is 2.96. The van der Waals surface area contributed by atoms with E-state index >= 15 is 0 Å². The topological polar surface area (TPSA) is 41.1 Å². The molecule has 0 fully saturated rings. The van der Waals surface area contributed by atoms with Gasteiger partial charge >= 0.3 is 0 Å². The highest BCUT2D eigenvalue weighted by atomic mass is 16.1. The largest absolute Gasteiger partial charge is 0.350 e. The molecule has 18 heavy (non-hydrogen) atoms. The molecule has 2 atom stereocenters. The molecule has 1 aromatic carbocycles. The molecular weight excluding hydrogens is 224 g/mol. The molecule has 1 amide bonds. The summed E-state index contributed by atoms with van der Waals surface area (Å²) in [5.41, 5.74) is 2.37. The van der Waals surface area contributed by atoms with Crippen molar-refractivity contribution in [2.45, 2.75) is 46.2 Å². The van der Waals surface area contributed by atoms with Crippen LogP contribution in [0.1, 0.15) is 44.4 Å². The molecule has 1 unspecified atom stereocenters. The van der Waals surface area contributed by atoms with Crippen LogP contribution in [0.2, 0.25) is 0 Å². The van der Waals surface area contributed by atoms with E-state index < -0.39 is 0 Å². The summed E-state index contributed by atoms with van der Waals surface area (Å²) in [5.74, 6) is 0.0949. The van der Waals surface area contributed by atoms with Crippen molar-refractivity contribution in [3.05, 3.63) is 35.4 Å². The van der Waals surface area contributed by atoms with Crippen molar-refractivity contribution in [3.8, 4) is 0 Å². The molecule has 0 radical (unpaired) electrons. The van der Waals surface area contributed by atoms with E-state index in [-0.39, 0.29) is 18.0 Å². The molecule has 0 aliphatic heterocycles. The van der Waals surface area contributed by atoms with E-state index in [4.69, 9.17) is 0 Å². The highest BCUT2D eigenvalue weighted by molar-refractivity contribution is 5.77. The molecule has 0 bridgehead atoms. The Kier molecular flexibility index (Phi) is 5.86. The van der Waals surface area contributed by atoms with Crippen molar-refractivity contribution in [2.24, 2.45) is 0 Å². The molecule has 100 valence electrons. The molecular formula is C15H24N2O. The first-order valence-electron chi connectivity index (χ1n) is 6.62. The second-order valence-corrected chi connectivity index (χ2v) is 4.87. The lowest BCUT2D eigenvalue weighted by molar-refractivity contribution is -0.122. The van der Waals surface area contributed by atoms with Crippen LogP contribution in [0.4, 0.5) is 0 Å². The van der Waals surface area contributed by atoms with Gasteiger partial charge < -0.3 is 10.6 Å². The number of carbonyl (C=O) groups excluding carboxylic acids is 1. The fraction of sp³-hybridized carbons (Fsp3) is 0.533. The van der Waals surface area contributed by atoms with Gasteiger partial charge in [-0.25, -0.2) is 0 Å². The van der Waals surface area contributed by atoms with Crippen LogP contribution in [0.5, 0.6) is 0 Å². The molecule has 1 rings (SSSR count). The predicted molar refractivity (Wildman–Crippen MR) is 75.5 cm³/mol. The number of aryl methyl sites for hydroxylation is 1. The Hall–Kier alpha value is -1.35. The molecule has 0 aromatic heterocycles. The highest BCUT2D eigenvalue weighted by Gasteiger charge is 2.12. The molecule has 0 spiro atoms. The van der Waals surface area contributed by atoms with Crippen LogP contribution in [0, 0.1) is 6.92 Å². The Morgan fingerprint density at radius 1 is 1.33 bits per heavy atom. The van der Waals surface area contributed by atoms with E-state index in [1.807, 2.05) is 32.9 Å². The standard InChI is InChI=1S/C15H24N2O/c1-5-16-12(3)10-15(18)17-13(4)14-8-6-7-11(2)9-14/h6-9,12-13,16H,5,10H2,1-4H3,(H,17,18)/t12?,13-/m1/s1. The van der Waals surface area contributed by atoms with Gasteiger partial charge in [-0.05, 0) is 32.9 Å². The van der Waals surface area contributed by atoms with Crippen molar-refractivity contribution in [1.29, 1.82) is 0 Å². The van der Waals surface area contributed by atoms with E-state index in [1.54, 1.807) is 0 Å². The number of hydrogen-bond donors (Lipinski definition) is 2. The van der Waals surface area contributed by atoms with Crippen LogP contribution in [0.25, 0.3) is 0 Å². The van der Waals surface area contributed by atoms with Gasteiger partial charge in [0.2, 0.25) is 5.91 Å². The monoisotopic (exact) mass is 248 g/mol. The van der Waals surface area contributed by atoms with Crippen LogP contribution in [0.3, 0.4) is 0 Å². The molecule has 0 heterocycles. The highest BCUT2D eigenvalue weighted by Crippen LogP contribution is 2.13. The summed E-state index contributed by atoms with van der Waals surface area (Å²) in [7, 11) is 0. The van der Waals surface area contributed by atoms with Gasteiger partial charge in [0.15, 0.2) is 0 Å². The van der Waals surface area contributed by atoms with Crippen LogP contribution in [0.15, 0.2) is 24.3 Å². The molecule has 3 heteroatoms. The fourth-order valence-corrected chi connectivity index (χ4v) is 2.02. The smallest absolute Gasteiger partial charge is 0.222 e. The summed E-state index contributed by atoms with van der Waals surface area (Å²) < 4.78 is 0. The average Bonchev–Trinajstić information content (AvgIpc) is 2.28. The first-order valence-corrected chi connectivity index (χ1v) is 6.62. The number of rotatable bonds is 6. The Labute approximate surface area is 110 Å². The van der Waals surface area contributed by atoms with Gasteiger partial charge in [-0.2, -0.15) is 0 Å². The van der Waals surface area contributed by atoms with Crippen molar-refractivity contribution in [2.75, 3.05) is 6.54 Å². The van der Waals surface area contributed by atoms with E-state index in [2.05, 4.69) is 29.7 Å². The van der Waals surface area contributed by atoms with Crippen LogP contribution in [-0.2, 0) is 4.79 Å². The summed E-state index contributed by atoms with van der Waals surface area (Å²) in [4.78, 5) is 11.8. The maximum absolute atomic E-state index is 11.8. The molecule has 2 N–H and O–H groups in total. The number of nitrogens with one attached hydrogen (secondary N) is 2. The second kappa shape index (κ2) is 7.17. The average molecular weight is 248 g/mol. The minimum Gasteiger partial charge on any atom is -0.350 e. The van der Waals surface area contributed by atoms with Crippen LogP contribution >= 0.6 is 0 Å². The summed E-state index contributed by atoms with van der Waals surface area (Å²) in [6, 6.07) is 8.52. The minimum atomic E-state index is 0.0613. The number of carbonyl (C=O) groups is 1. The number of hydrogen-bond acceptors (Lipinski definition) is 2. The summed E-state index contributed by atoms with van der Waals surface area (Å²) in [6.45, 7) is 9.04.